The van der Waals surface area contributed by atoms with E-state index in [0.717, 1.165) is 0 Å². The minimum absolute atomic E-state index is 0.154. The normalized spacial score (nSPS) is 18.6. The average Bonchev–Trinajstić information content (AvgIpc) is 2.87. The van der Waals surface area contributed by atoms with E-state index in [0.29, 0.717) is 11.7 Å². The highest BCUT2D eigenvalue weighted by atomic mass is 16.1. The maximum atomic E-state index is 11.8. The second-order valence-electron chi connectivity index (χ2n) is 3.85. The number of Topliss-reactive ketones (excluding diaryl/α,β-unsaturated/α-hetero) is 1. The first-order chi connectivity index (χ1) is 6.20. The van der Waals surface area contributed by atoms with Gasteiger partial charge >= 0.3 is 0 Å². The molecular weight excluding hydrogens is 164 g/mol. The van der Waals surface area contributed by atoms with Crippen molar-refractivity contribution < 1.29 is 4.79 Å². The van der Waals surface area contributed by atoms with Gasteiger partial charge in [0.25, 0.3) is 0 Å². The van der Waals surface area contributed by atoms with Gasteiger partial charge in [-0.15, -0.1) is 0 Å². The van der Waals surface area contributed by atoms with Crippen molar-refractivity contribution in [1.82, 2.24) is 9.55 Å². The molecule has 2 rings (SSSR count). The molecule has 0 bridgehead atoms. The van der Waals surface area contributed by atoms with Gasteiger partial charge in [0, 0.05) is 25.4 Å². The number of ketones is 1. The molecule has 0 aromatic carbocycles. The fraction of sp³-hybridized carbons (Fsp3) is 0.600. The molecule has 70 valence electrons. The van der Waals surface area contributed by atoms with Crippen LogP contribution in [0.5, 0.6) is 0 Å². The number of rotatable bonds is 3. The lowest BCUT2D eigenvalue weighted by molar-refractivity contribution is 0.0902. The Balaban J connectivity index is 2.16. The molecule has 3 heteroatoms. The van der Waals surface area contributed by atoms with Crippen LogP contribution < -0.4 is 0 Å². The highest BCUT2D eigenvalue weighted by Gasteiger charge is 2.34. The molecule has 1 aromatic rings. The Bertz CT molecular complexity index is 325. The molecule has 0 N–H and O–H groups in total. The van der Waals surface area contributed by atoms with Gasteiger partial charge in [-0.1, -0.05) is 6.92 Å². The molecule has 1 heterocycles. The van der Waals surface area contributed by atoms with Crippen LogP contribution in [0.2, 0.25) is 0 Å². The Morgan fingerprint density at radius 2 is 2.38 bits per heavy atom. The van der Waals surface area contributed by atoms with Gasteiger partial charge in [-0.05, 0) is 18.8 Å². The minimum atomic E-state index is 0.154. The molecule has 13 heavy (non-hydrogen) atoms. The fourth-order valence-electron chi connectivity index (χ4n) is 1.62. The van der Waals surface area contributed by atoms with Gasteiger partial charge in [0.15, 0.2) is 5.82 Å². The Morgan fingerprint density at radius 3 is 2.85 bits per heavy atom. The third-order valence-electron chi connectivity index (χ3n) is 2.78. The quantitative estimate of drug-likeness (QED) is 0.659. The molecule has 3 nitrogen and oxygen atoms in total. The Morgan fingerprint density at radius 1 is 1.69 bits per heavy atom. The van der Waals surface area contributed by atoms with Crippen LogP contribution >= 0.6 is 0 Å². The van der Waals surface area contributed by atoms with Crippen molar-refractivity contribution in [3.8, 4) is 0 Å². The van der Waals surface area contributed by atoms with Crippen LogP contribution in [0.4, 0.5) is 0 Å². The molecule has 1 unspecified atom stereocenters. The number of hydrogen-bond donors (Lipinski definition) is 0. The fourth-order valence-corrected chi connectivity index (χ4v) is 1.62. The third kappa shape index (κ3) is 1.50. The zero-order chi connectivity index (χ0) is 9.42. The summed E-state index contributed by atoms with van der Waals surface area (Å²) in [4.78, 5) is 15.9. The van der Waals surface area contributed by atoms with Crippen molar-refractivity contribution in [2.24, 2.45) is 18.9 Å². The van der Waals surface area contributed by atoms with E-state index in [4.69, 9.17) is 0 Å². The smallest absolute Gasteiger partial charge is 0.201 e. The first kappa shape index (κ1) is 8.48. The topological polar surface area (TPSA) is 34.9 Å². The molecule has 1 atom stereocenters. The molecule has 0 spiro atoms. The third-order valence-corrected chi connectivity index (χ3v) is 2.78. The summed E-state index contributed by atoms with van der Waals surface area (Å²) in [6.07, 6.45) is 5.90. The molecule has 0 saturated heterocycles. The summed E-state index contributed by atoms with van der Waals surface area (Å²) in [6, 6.07) is 0. The predicted octanol–water partition coefficient (Wildman–Crippen LogP) is 1.65. The van der Waals surface area contributed by atoms with E-state index in [9.17, 15) is 4.79 Å². The number of carbonyl (C=O) groups excluding carboxylic acids is 1. The van der Waals surface area contributed by atoms with Crippen molar-refractivity contribution in [2.45, 2.75) is 19.8 Å². The highest BCUT2D eigenvalue weighted by Crippen LogP contribution is 2.37. The largest absolute Gasteiger partial charge is 0.332 e. The lowest BCUT2D eigenvalue weighted by Gasteiger charge is -2.07. The number of hydrogen-bond acceptors (Lipinski definition) is 2. The summed E-state index contributed by atoms with van der Waals surface area (Å²) < 4.78 is 1.79. The number of nitrogens with zero attached hydrogens (tertiary/aromatic N) is 2. The zero-order valence-corrected chi connectivity index (χ0v) is 8.03. The summed E-state index contributed by atoms with van der Waals surface area (Å²) in [5.74, 6) is 1.56. The van der Waals surface area contributed by atoms with Gasteiger partial charge in [0.1, 0.15) is 0 Å². The van der Waals surface area contributed by atoms with Crippen LogP contribution in [0.1, 0.15) is 30.4 Å². The standard InChI is InChI=1S/C10H14N2O/c1-7(8-3-4-8)9(13)10-11-5-6-12(10)2/h5-8H,3-4H2,1-2H3. The summed E-state index contributed by atoms with van der Waals surface area (Å²) >= 11 is 0. The van der Waals surface area contributed by atoms with E-state index in [1.807, 2.05) is 20.2 Å². The molecule has 1 aliphatic rings. The second-order valence-corrected chi connectivity index (χ2v) is 3.85. The van der Waals surface area contributed by atoms with Gasteiger partial charge in [-0.2, -0.15) is 0 Å². The Kier molecular flexibility index (Phi) is 1.94. The molecule has 1 saturated carbocycles. The van der Waals surface area contributed by atoms with Gasteiger partial charge in [-0.3, -0.25) is 4.79 Å². The van der Waals surface area contributed by atoms with Crippen LogP contribution in [-0.4, -0.2) is 15.3 Å². The van der Waals surface area contributed by atoms with E-state index in [1.165, 1.54) is 12.8 Å². The van der Waals surface area contributed by atoms with E-state index in [2.05, 4.69) is 4.98 Å². The van der Waals surface area contributed by atoms with Crippen molar-refractivity contribution in [3.05, 3.63) is 18.2 Å². The summed E-state index contributed by atoms with van der Waals surface area (Å²) in [6.45, 7) is 2.01. The van der Waals surface area contributed by atoms with E-state index in [-0.39, 0.29) is 11.7 Å². The summed E-state index contributed by atoms with van der Waals surface area (Å²) in [5, 5.41) is 0. The van der Waals surface area contributed by atoms with Crippen molar-refractivity contribution >= 4 is 5.78 Å². The van der Waals surface area contributed by atoms with Gasteiger partial charge in [0.05, 0.1) is 0 Å². The lowest BCUT2D eigenvalue weighted by Crippen LogP contribution is -2.17. The van der Waals surface area contributed by atoms with E-state index >= 15 is 0 Å². The minimum Gasteiger partial charge on any atom is -0.332 e. The molecule has 1 fully saturated rings. The Hall–Kier alpha value is -1.12. The lowest BCUT2D eigenvalue weighted by atomic mass is 10.0. The van der Waals surface area contributed by atoms with Gasteiger partial charge in [-0.25, -0.2) is 4.98 Å². The number of aromatic nitrogens is 2. The molecule has 0 amide bonds. The first-order valence-corrected chi connectivity index (χ1v) is 4.71. The first-order valence-electron chi connectivity index (χ1n) is 4.71. The van der Waals surface area contributed by atoms with Crippen LogP contribution in [-0.2, 0) is 7.05 Å². The molecular formula is C10H14N2O. The molecule has 1 aliphatic carbocycles. The SMILES string of the molecule is CC(C(=O)c1nccn1C)C1CC1. The van der Waals surface area contributed by atoms with Crippen molar-refractivity contribution in [1.29, 1.82) is 0 Å². The van der Waals surface area contributed by atoms with E-state index < -0.39 is 0 Å². The summed E-state index contributed by atoms with van der Waals surface area (Å²) in [5.41, 5.74) is 0. The molecule has 1 aromatic heterocycles. The maximum Gasteiger partial charge on any atom is 0.201 e. The van der Waals surface area contributed by atoms with Crippen LogP contribution in [0.3, 0.4) is 0 Å². The van der Waals surface area contributed by atoms with Gasteiger partial charge < -0.3 is 4.57 Å². The van der Waals surface area contributed by atoms with Gasteiger partial charge in [0.2, 0.25) is 5.78 Å². The molecule has 0 radical (unpaired) electrons. The molecule has 0 aliphatic heterocycles. The van der Waals surface area contributed by atoms with E-state index in [1.54, 1.807) is 10.8 Å². The Labute approximate surface area is 77.8 Å². The number of aryl methyl sites for hydroxylation is 1. The van der Waals surface area contributed by atoms with Crippen LogP contribution in [0.15, 0.2) is 12.4 Å². The highest BCUT2D eigenvalue weighted by molar-refractivity contribution is 5.94. The van der Waals surface area contributed by atoms with Crippen molar-refractivity contribution in [2.75, 3.05) is 0 Å². The maximum absolute atomic E-state index is 11.8. The predicted molar refractivity (Wildman–Crippen MR) is 49.4 cm³/mol. The van der Waals surface area contributed by atoms with Crippen LogP contribution in [0, 0.1) is 11.8 Å². The number of imidazole rings is 1. The van der Waals surface area contributed by atoms with Crippen molar-refractivity contribution in [3.63, 3.8) is 0 Å². The van der Waals surface area contributed by atoms with Crippen LogP contribution in [0.25, 0.3) is 0 Å². The summed E-state index contributed by atoms with van der Waals surface area (Å²) in [7, 11) is 1.86. The average molecular weight is 178 g/mol. The second kappa shape index (κ2) is 2.98. The number of carbonyl (C=O) groups is 1. The zero-order valence-electron chi connectivity index (χ0n) is 8.03. The monoisotopic (exact) mass is 178 g/mol.